The normalized spacial score (nSPS) is 25.8. The van der Waals surface area contributed by atoms with E-state index in [1.165, 1.54) is 12.8 Å². The van der Waals surface area contributed by atoms with E-state index < -0.39 is 0 Å². The van der Waals surface area contributed by atoms with Gasteiger partial charge in [0.1, 0.15) is 0 Å². The van der Waals surface area contributed by atoms with Crippen molar-refractivity contribution in [3.63, 3.8) is 0 Å². The molecule has 3 heterocycles. The van der Waals surface area contributed by atoms with E-state index >= 15 is 0 Å². The highest BCUT2D eigenvalue weighted by Gasteiger charge is 2.30. The van der Waals surface area contributed by atoms with Crippen LogP contribution in [0.1, 0.15) is 56.7 Å². The van der Waals surface area contributed by atoms with Gasteiger partial charge in [0.2, 0.25) is 11.8 Å². The molecule has 7 heteroatoms. The van der Waals surface area contributed by atoms with Crippen LogP contribution in [0.4, 0.5) is 0 Å². The summed E-state index contributed by atoms with van der Waals surface area (Å²) in [6.45, 7) is 7.80. The minimum Gasteiger partial charge on any atom is -0.342 e. The lowest BCUT2D eigenvalue weighted by Gasteiger charge is -2.33. The maximum Gasteiger partial charge on any atom is 0.231 e. The number of hydrogen-bond acceptors (Lipinski definition) is 5. The number of amides is 1. The van der Waals surface area contributed by atoms with Gasteiger partial charge in [-0.05, 0) is 57.5 Å². The zero-order valence-electron chi connectivity index (χ0n) is 14.7. The predicted molar refractivity (Wildman–Crippen MR) is 94.2 cm³/mol. The van der Waals surface area contributed by atoms with Crippen molar-refractivity contribution in [2.75, 3.05) is 26.2 Å². The predicted octanol–water partition coefficient (Wildman–Crippen LogP) is 2.53. The molecule has 2 saturated heterocycles. The number of rotatable bonds is 4. The Kier molecular flexibility index (Phi) is 7.04. The molecule has 136 valence electrons. The summed E-state index contributed by atoms with van der Waals surface area (Å²) in [4.78, 5) is 19.0. The number of halogens is 1. The summed E-state index contributed by atoms with van der Waals surface area (Å²) in [6, 6.07) is 0. The monoisotopic (exact) mass is 356 g/mol. The van der Waals surface area contributed by atoms with Gasteiger partial charge in [-0.1, -0.05) is 12.1 Å². The number of piperidine rings is 2. The first-order valence-electron chi connectivity index (χ1n) is 8.92. The molecule has 3 unspecified atom stereocenters. The van der Waals surface area contributed by atoms with Gasteiger partial charge in [-0.15, -0.1) is 12.4 Å². The Morgan fingerprint density at radius 1 is 1.42 bits per heavy atom. The van der Waals surface area contributed by atoms with Gasteiger partial charge < -0.3 is 14.7 Å². The molecule has 0 saturated carbocycles. The van der Waals surface area contributed by atoms with Crippen LogP contribution in [0.15, 0.2) is 4.52 Å². The molecule has 1 N–H and O–H groups in total. The average Bonchev–Trinajstić information content (AvgIpc) is 3.02. The third kappa shape index (κ3) is 4.70. The highest BCUT2D eigenvalue weighted by atomic mass is 35.5. The smallest absolute Gasteiger partial charge is 0.231 e. The molecule has 3 atom stereocenters. The standard InChI is InChI=1S/C17H28N4O2.ClH/c1-12(14-5-3-7-18-10-14)9-16(22)21-8-4-6-15(11-21)17-19-13(2)20-23-17;/h12,14-15,18H,3-11H2,1-2H3;1H. The van der Waals surface area contributed by atoms with Gasteiger partial charge in [0.15, 0.2) is 5.82 Å². The minimum atomic E-state index is 0. The van der Waals surface area contributed by atoms with Crippen LogP contribution >= 0.6 is 12.4 Å². The van der Waals surface area contributed by atoms with Crippen LogP contribution in [0.3, 0.4) is 0 Å². The fourth-order valence-electron chi connectivity index (χ4n) is 3.82. The molecular formula is C17H29ClN4O2. The molecule has 2 aliphatic rings. The van der Waals surface area contributed by atoms with E-state index in [1.54, 1.807) is 0 Å². The van der Waals surface area contributed by atoms with Crippen LogP contribution in [-0.2, 0) is 4.79 Å². The maximum absolute atomic E-state index is 12.7. The summed E-state index contributed by atoms with van der Waals surface area (Å²) in [5, 5.41) is 7.32. The topological polar surface area (TPSA) is 71.3 Å². The molecule has 0 radical (unpaired) electrons. The fraction of sp³-hybridized carbons (Fsp3) is 0.824. The second kappa shape index (κ2) is 8.81. The summed E-state index contributed by atoms with van der Waals surface area (Å²) >= 11 is 0. The summed E-state index contributed by atoms with van der Waals surface area (Å²) in [6.07, 6.45) is 5.16. The lowest BCUT2D eigenvalue weighted by Crippen LogP contribution is -2.41. The highest BCUT2D eigenvalue weighted by Crippen LogP contribution is 2.28. The average molecular weight is 357 g/mol. The minimum absolute atomic E-state index is 0. The molecule has 0 aliphatic carbocycles. The highest BCUT2D eigenvalue weighted by molar-refractivity contribution is 5.85. The molecule has 1 amide bonds. The number of nitrogens with zero attached hydrogens (tertiary/aromatic N) is 3. The Morgan fingerprint density at radius 3 is 2.92 bits per heavy atom. The van der Waals surface area contributed by atoms with Gasteiger partial charge >= 0.3 is 0 Å². The first kappa shape index (κ1) is 19.2. The van der Waals surface area contributed by atoms with Crippen LogP contribution in [-0.4, -0.2) is 47.1 Å². The number of aryl methyl sites for hydroxylation is 1. The fourth-order valence-corrected chi connectivity index (χ4v) is 3.82. The molecule has 24 heavy (non-hydrogen) atoms. The molecule has 1 aromatic rings. The van der Waals surface area contributed by atoms with Crippen LogP contribution < -0.4 is 5.32 Å². The van der Waals surface area contributed by atoms with E-state index in [0.717, 1.165) is 39.0 Å². The van der Waals surface area contributed by atoms with Gasteiger partial charge in [0, 0.05) is 19.5 Å². The first-order chi connectivity index (χ1) is 11.1. The Balaban J connectivity index is 0.00000208. The second-order valence-electron chi connectivity index (χ2n) is 7.15. The van der Waals surface area contributed by atoms with Crippen LogP contribution in [0.5, 0.6) is 0 Å². The maximum atomic E-state index is 12.7. The summed E-state index contributed by atoms with van der Waals surface area (Å²) in [5.74, 6) is 2.91. The SMILES string of the molecule is Cc1noc(C2CCCN(C(=O)CC(C)C3CCCNC3)C2)n1.Cl. The molecule has 0 bridgehead atoms. The number of nitrogens with one attached hydrogen (secondary N) is 1. The van der Waals surface area contributed by atoms with Crippen molar-refractivity contribution in [2.45, 2.75) is 51.9 Å². The van der Waals surface area contributed by atoms with Gasteiger partial charge in [-0.3, -0.25) is 4.79 Å². The molecule has 2 aliphatic heterocycles. The van der Waals surface area contributed by atoms with Crippen molar-refractivity contribution in [3.05, 3.63) is 11.7 Å². The van der Waals surface area contributed by atoms with Crippen LogP contribution in [0.2, 0.25) is 0 Å². The third-order valence-electron chi connectivity index (χ3n) is 5.30. The van der Waals surface area contributed by atoms with Crippen molar-refractivity contribution >= 4 is 18.3 Å². The number of carbonyl (C=O) groups excluding carboxylic acids is 1. The summed E-state index contributed by atoms with van der Waals surface area (Å²) in [7, 11) is 0. The zero-order valence-corrected chi connectivity index (χ0v) is 15.5. The molecular weight excluding hydrogens is 328 g/mol. The van der Waals surface area contributed by atoms with E-state index in [2.05, 4.69) is 22.4 Å². The van der Waals surface area contributed by atoms with Crippen molar-refractivity contribution in [1.82, 2.24) is 20.4 Å². The van der Waals surface area contributed by atoms with E-state index in [9.17, 15) is 4.79 Å². The van der Waals surface area contributed by atoms with Crippen LogP contribution in [0, 0.1) is 18.8 Å². The van der Waals surface area contributed by atoms with Gasteiger partial charge in [0.25, 0.3) is 0 Å². The van der Waals surface area contributed by atoms with Crippen molar-refractivity contribution in [1.29, 1.82) is 0 Å². The lowest BCUT2D eigenvalue weighted by atomic mass is 9.85. The zero-order chi connectivity index (χ0) is 16.2. The van der Waals surface area contributed by atoms with E-state index in [0.29, 0.717) is 30.0 Å². The molecule has 6 nitrogen and oxygen atoms in total. The van der Waals surface area contributed by atoms with E-state index in [1.807, 2.05) is 11.8 Å². The molecule has 2 fully saturated rings. The van der Waals surface area contributed by atoms with Crippen molar-refractivity contribution in [3.8, 4) is 0 Å². The number of carbonyl (C=O) groups is 1. The Labute approximate surface area is 150 Å². The Morgan fingerprint density at radius 2 is 2.25 bits per heavy atom. The van der Waals surface area contributed by atoms with Crippen molar-refractivity contribution in [2.24, 2.45) is 11.8 Å². The summed E-state index contributed by atoms with van der Waals surface area (Å²) in [5.41, 5.74) is 0. The van der Waals surface area contributed by atoms with Crippen LogP contribution in [0.25, 0.3) is 0 Å². The van der Waals surface area contributed by atoms with Crippen molar-refractivity contribution < 1.29 is 9.32 Å². The molecule has 0 aromatic carbocycles. The largest absolute Gasteiger partial charge is 0.342 e. The summed E-state index contributed by atoms with van der Waals surface area (Å²) < 4.78 is 5.30. The first-order valence-corrected chi connectivity index (χ1v) is 8.92. The number of likely N-dealkylation sites (tertiary alicyclic amines) is 1. The lowest BCUT2D eigenvalue weighted by molar-refractivity contribution is -0.133. The molecule has 0 spiro atoms. The van der Waals surface area contributed by atoms with Gasteiger partial charge in [-0.2, -0.15) is 4.98 Å². The van der Waals surface area contributed by atoms with Gasteiger partial charge in [-0.25, -0.2) is 0 Å². The van der Waals surface area contributed by atoms with Gasteiger partial charge in [0.05, 0.1) is 5.92 Å². The third-order valence-corrected chi connectivity index (χ3v) is 5.30. The number of hydrogen-bond donors (Lipinski definition) is 1. The van der Waals surface area contributed by atoms with E-state index in [4.69, 9.17) is 4.52 Å². The Hall–Kier alpha value is -1.14. The number of aromatic nitrogens is 2. The van der Waals surface area contributed by atoms with E-state index in [-0.39, 0.29) is 24.2 Å². The molecule has 3 rings (SSSR count). The second-order valence-corrected chi connectivity index (χ2v) is 7.15. The quantitative estimate of drug-likeness (QED) is 0.897. The molecule has 1 aromatic heterocycles. The Bertz CT molecular complexity index is 530.